The van der Waals surface area contributed by atoms with E-state index < -0.39 is 11.9 Å². The van der Waals surface area contributed by atoms with Crippen LogP contribution in [0.4, 0.5) is 4.39 Å². The van der Waals surface area contributed by atoms with Crippen LogP contribution in [0.15, 0.2) is 10.5 Å². The Morgan fingerprint density at radius 3 is 2.56 bits per heavy atom. The molecule has 1 unspecified atom stereocenters. The van der Waals surface area contributed by atoms with E-state index in [2.05, 4.69) is 15.9 Å². The number of hydrogen-bond acceptors (Lipinski definition) is 4. The molecule has 0 aliphatic rings. The number of rotatable bonds is 4. The second-order valence-electron chi connectivity index (χ2n) is 3.11. The number of methoxy groups -OCH3 is 2. The first kappa shape index (κ1) is 13.2. The molecule has 4 nitrogen and oxygen atoms in total. The molecule has 0 spiro atoms. The first-order valence-electron chi connectivity index (χ1n) is 4.53. The van der Waals surface area contributed by atoms with Crippen LogP contribution < -0.4 is 15.2 Å². The lowest BCUT2D eigenvalue weighted by molar-refractivity contribution is 0.262. The lowest BCUT2D eigenvalue weighted by Crippen LogP contribution is -2.17. The Labute approximate surface area is 101 Å². The summed E-state index contributed by atoms with van der Waals surface area (Å²) in [6, 6.07) is 0.737. The molecule has 6 heteroatoms. The lowest BCUT2D eigenvalue weighted by Gasteiger charge is -2.16. The number of benzene rings is 1. The van der Waals surface area contributed by atoms with Gasteiger partial charge in [0.05, 0.1) is 26.9 Å². The third-order valence-corrected chi connectivity index (χ3v) is 2.82. The molecule has 0 fully saturated rings. The zero-order chi connectivity index (χ0) is 12.3. The molecule has 0 saturated heterocycles. The van der Waals surface area contributed by atoms with Crippen molar-refractivity contribution in [3.05, 3.63) is 21.9 Å². The van der Waals surface area contributed by atoms with E-state index in [9.17, 15) is 4.39 Å². The highest BCUT2D eigenvalue weighted by Gasteiger charge is 2.22. The highest BCUT2D eigenvalue weighted by Crippen LogP contribution is 2.38. The maximum atomic E-state index is 14.0. The molecule has 0 saturated carbocycles. The summed E-state index contributed by atoms with van der Waals surface area (Å²) in [5, 5.41) is 8.94. The van der Waals surface area contributed by atoms with Crippen LogP contribution in [-0.4, -0.2) is 25.9 Å². The van der Waals surface area contributed by atoms with Crippen molar-refractivity contribution < 1.29 is 19.0 Å². The van der Waals surface area contributed by atoms with E-state index in [4.69, 9.17) is 20.3 Å². The topological polar surface area (TPSA) is 64.7 Å². The Bertz CT molecular complexity index is 387. The maximum absolute atomic E-state index is 14.0. The summed E-state index contributed by atoms with van der Waals surface area (Å²) in [7, 11) is 2.75. The van der Waals surface area contributed by atoms with Gasteiger partial charge in [-0.05, 0) is 6.07 Å². The smallest absolute Gasteiger partial charge is 0.197 e. The second kappa shape index (κ2) is 5.47. The summed E-state index contributed by atoms with van der Waals surface area (Å²) >= 11 is 3.18. The van der Waals surface area contributed by atoms with Gasteiger partial charge in [0.25, 0.3) is 0 Å². The fourth-order valence-corrected chi connectivity index (χ4v) is 2.04. The number of ether oxygens (including phenoxy) is 2. The molecule has 0 aromatic heterocycles. The molecule has 0 aliphatic heterocycles. The molecule has 0 radical (unpaired) electrons. The predicted molar refractivity (Wildman–Crippen MR) is 61.2 cm³/mol. The van der Waals surface area contributed by atoms with Crippen molar-refractivity contribution in [2.75, 3.05) is 20.8 Å². The van der Waals surface area contributed by atoms with Crippen LogP contribution in [0.3, 0.4) is 0 Å². The summed E-state index contributed by atoms with van der Waals surface area (Å²) in [5.74, 6) is -0.388. The van der Waals surface area contributed by atoms with Crippen LogP contribution in [0.5, 0.6) is 11.5 Å². The molecule has 1 aromatic rings. The Hall–Kier alpha value is -0.850. The lowest BCUT2D eigenvalue weighted by atomic mass is 10.1. The van der Waals surface area contributed by atoms with E-state index in [-0.39, 0.29) is 23.7 Å². The molecule has 1 rings (SSSR count). The average Bonchev–Trinajstić information content (AvgIpc) is 2.27. The Balaban J connectivity index is 3.40. The molecule has 16 heavy (non-hydrogen) atoms. The summed E-state index contributed by atoms with van der Waals surface area (Å²) < 4.78 is 24.3. The van der Waals surface area contributed by atoms with Crippen LogP contribution in [-0.2, 0) is 0 Å². The molecule has 0 heterocycles. The van der Waals surface area contributed by atoms with Crippen molar-refractivity contribution in [2.45, 2.75) is 6.04 Å². The minimum absolute atomic E-state index is 0.0235. The van der Waals surface area contributed by atoms with Crippen LogP contribution in [0, 0.1) is 5.82 Å². The fraction of sp³-hybridized carbons (Fsp3) is 0.400. The van der Waals surface area contributed by atoms with Crippen molar-refractivity contribution in [1.82, 2.24) is 0 Å². The quantitative estimate of drug-likeness (QED) is 0.885. The van der Waals surface area contributed by atoms with Crippen LogP contribution in [0.1, 0.15) is 11.6 Å². The van der Waals surface area contributed by atoms with Crippen molar-refractivity contribution in [1.29, 1.82) is 0 Å². The normalized spacial score (nSPS) is 12.4. The number of nitrogens with two attached hydrogens (primary N) is 1. The standard InChI is InChI=1S/C10H13BrFNO3/c1-15-7-3-5(11)8(6(13)4-14)9(12)10(7)16-2/h3,6,14H,4,13H2,1-2H3. The van der Waals surface area contributed by atoms with Crippen molar-refractivity contribution in [2.24, 2.45) is 5.73 Å². The largest absolute Gasteiger partial charge is 0.493 e. The summed E-state index contributed by atoms with van der Waals surface area (Å²) in [6.45, 7) is -0.356. The zero-order valence-corrected chi connectivity index (χ0v) is 10.5. The molecule has 1 atom stereocenters. The monoisotopic (exact) mass is 293 g/mol. The second-order valence-corrected chi connectivity index (χ2v) is 3.96. The summed E-state index contributed by atoms with van der Waals surface area (Å²) in [5.41, 5.74) is 5.76. The van der Waals surface area contributed by atoms with Gasteiger partial charge in [-0.25, -0.2) is 4.39 Å². The third kappa shape index (κ3) is 2.28. The van der Waals surface area contributed by atoms with Crippen molar-refractivity contribution in [3.63, 3.8) is 0 Å². The van der Waals surface area contributed by atoms with Gasteiger partial charge in [0.15, 0.2) is 17.3 Å². The zero-order valence-electron chi connectivity index (χ0n) is 8.96. The van der Waals surface area contributed by atoms with E-state index in [0.29, 0.717) is 4.47 Å². The molecule has 1 aromatic carbocycles. The van der Waals surface area contributed by atoms with Gasteiger partial charge >= 0.3 is 0 Å². The van der Waals surface area contributed by atoms with Gasteiger partial charge in [0.1, 0.15) is 0 Å². The first-order chi connectivity index (χ1) is 7.56. The van der Waals surface area contributed by atoms with Gasteiger partial charge in [-0.1, -0.05) is 15.9 Å². The van der Waals surface area contributed by atoms with E-state index in [1.165, 1.54) is 14.2 Å². The molecular formula is C10H13BrFNO3. The van der Waals surface area contributed by atoms with Crippen LogP contribution >= 0.6 is 15.9 Å². The van der Waals surface area contributed by atoms with Crippen molar-refractivity contribution in [3.8, 4) is 11.5 Å². The molecular weight excluding hydrogens is 281 g/mol. The average molecular weight is 294 g/mol. The van der Waals surface area contributed by atoms with Gasteiger partial charge in [-0.2, -0.15) is 0 Å². The highest BCUT2D eigenvalue weighted by molar-refractivity contribution is 9.10. The molecule has 3 N–H and O–H groups in total. The predicted octanol–water partition coefficient (Wildman–Crippen LogP) is 1.60. The summed E-state index contributed by atoms with van der Waals surface area (Å²) in [6.07, 6.45) is 0. The van der Waals surface area contributed by atoms with Crippen molar-refractivity contribution >= 4 is 15.9 Å². The number of halogens is 2. The van der Waals surface area contributed by atoms with Gasteiger partial charge in [0, 0.05) is 10.0 Å². The minimum Gasteiger partial charge on any atom is -0.493 e. The molecule has 0 aliphatic carbocycles. The number of aliphatic hydroxyl groups excluding tert-OH is 1. The third-order valence-electron chi connectivity index (χ3n) is 2.17. The van der Waals surface area contributed by atoms with Gasteiger partial charge < -0.3 is 20.3 Å². The fourth-order valence-electron chi connectivity index (χ4n) is 1.37. The Morgan fingerprint density at radius 1 is 1.50 bits per heavy atom. The SMILES string of the molecule is COc1cc(Br)c(C(N)CO)c(F)c1OC. The van der Waals surface area contributed by atoms with Gasteiger partial charge in [0.2, 0.25) is 0 Å². The first-order valence-corrected chi connectivity index (χ1v) is 5.32. The highest BCUT2D eigenvalue weighted by atomic mass is 79.9. The van der Waals surface area contributed by atoms with Crippen LogP contribution in [0.25, 0.3) is 0 Å². The molecule has 90 valence electrons. The van der Waals surface area contributed by atoms with E-state index in [0.717, 1.165) is 0 Å². The number of hydrogen-bond donors (Lipinski definition) is 2. The van der Waals surface area contributed by atoms with E-state index in [1.807, 2.05) is 0 Å². The maximum Gasteiger partial charge on any atom is 0.197 e. The van der Waals surface area contributed by atoms with E-state index in [1.54, 1.807) is 6.07 Å². The summed E-state index contributed by atoms with van der Waals surface area (Å²) in [4.78, 5) is 0. The molecule has 0 amide bonds. The molecule has 0 bridgehead atoms. The van der Waals surface area contributed by atoms with Gasteiger partial charge in [-0.15, -0.1) is 0 Å². The minimum atomic E-state index is -0.811. The van der Waals surface area contributed by atoms with Crippen LogP contribution in [0.2, 0.25) is 0 Å². The Morgan fingerprint density at radius 2 is 2.12 bits per heavy atom. The van der Waals surface area contributed by atoms with Gasteiger partial charge in [-0.3, -0.25) is 0 Å². The number of aliphatic hydroxyl groups is 1. The Kier molecular flexibility index (Phi) is 4.52. The van der Waals surface area contributed by atoms with E-state index >= 15 is 0 Å².